The number of hydrogen-bond donors (Lipinski definition) is 0. The third kappa shape index (κ3) is 6.44. The van der Waals surface area contributed by atoms with E-state index in [0.717, 1.165) is 17.7 Å². The Balaban J connectivity index is 0.000000194. The maximum Gasteiger partial charge on any atom is 0.0465 e. The molecule has 0 radical (unpaired) electrons. The van der Waals surface area contributed by atoms with Crippen molar-refractivity contribution >= 4 is 10.2 Å². The largest absolute Gasteiger partial charge is 0.383 e. The average molecular weight is 294 g/mol. The Bertz CT molecular complexity index is 519. The zero-order valence-corrected chi connectivity index (χ0v) is 14.6. The quantitative estimate of drug-likeness (QED) is 0.536. The number of rotatable bonds is 0. The van der Waals surface area contributed by atoms with Crippen LogP contribution >= 0.6 is 0 Å². The predicted molar refractivity (Wildman–Crippen MR) is 92.4 cm³/mol. The Hall–Kier alpha value is -1.82. The molecule has 21 heavy (non-hydrogen) atoms. The lowest BCUT2D eigenvalue weighted by molar-refractivity contribution is 0.0675. The minimum Gasteiger partial charge on any atom is -0.383 e. The highest BCUT2D eigenvalue weighted by molar-refractivity contribution is 6.11. The lowest BCUT2D eigenvalue weighted by Gasteiger charge is -2.17. The molecule has 0 saturated carbocycles. The molecule has 1 aliphatic heterocycles. The maximum absolute atomic E-state index is 5.34. The molecule has 1 heterocycles. The first-order valence-electron chi connectivity index (χ1n) is 7.58. The van der Waals surface area contributed by atoms with Crippen LogP contribution in [0.4, 0.5) is 0 Å². The van der Waals surface area contributed by atoms with Gasteiger partial charge < -0.3 is 4.74 Å². The van der Waals surface area contributed by atoms with Gasteiger partial charge in [0.05, 0.1) is 0 Å². The number of hydrogen-bond acceptors (Lipinski definition) is 1. The molecular weight excluding hydrogens is 272 g/mol. The minimum absolute atomic E-state index is 0.675. The third-order valence-corrected chi connectivity index (χ3v) is 4.22. The molecule has 0 aliphatic carbocycles. The molecule has 1 aliphatic rings. The van der Waals surface area contributed by atoms with E-state index in [0.29, 0.717) is 5.73 Å². The highest BCUT2D eigenvalue weighted by Crippen LogP contribution is 2.08. The minimum atomic E-state index is 0.675. The van der Waals surface area contributed by atoms with Crippen LogP contribution in [0.3, 0.4) is 0 Å². The van der Waals surface area contributed by atoms with Gasteiger partial charge in [0.25, 0.3) is 0 Å². The van der Waals surface area contributed by atoms with Gasteiger partial charge in [-0.15, -0.1) is 0 Å². The normalized spacial score (nSPS) is 17.0. The lowest BCUT2D eigenvalue weighted by atomic mass is 10.2. The zero-order valence-electron chi connectivity index (χ0n) is 12.6. The molecule has 108 valence electrons. The van der Waals surface area contributed by atoms with Crippen molar-refractivity contribution in [3.63, 3.8) is 0 Å². The van der Waals surface area contributed by atoms with Crippen LogP contribution in [0.15, 0.2) is 60.7 Å². The molecule has 1 nitrogen and oxygen atoms in total. The Kier molecular flexibility index (Phi) is 6.80. The van der Waals surface area contributed by atoms with Gasteiger partial charge in [0, 0.05) is 33.7 Å². The van der Waals surface area contributed by atoms with E-state index in [1.54, 1.807) is 0 Å². The van der Waals surface area contributed by atoms with Crippen LogP contribution in [0, 0.1) is 11.8 Å². The average Bonchev–Trinajstić information content (AvgIpc) is 2.56. The second-order valence-electron chi connectivity index (χ2n) is 5.16. The topological polar surface area (TPSA) is 9.23 Å². The first-order chi connectivity index (χ1) is 10.3. The van der Waals surface area contributed by atoms with Crippen molar-refractivity contribution < 1.29 is 4.74 Å². The second kappa shape index (κ2) is 9.18. The van der Waals surface area contributed by atoms with Crippen molar-refractivity contribution in [2.75, 3.05) is 6.61 Å². The summed E-state index contributed by atoms with van der Waals surface area (Å²) in [6.07, 6.45) is 4.01. The zero-order chi connectivity index (χ0) is 14.8. The van der Waals surface area contributed by atoms with Crippen molar-refractivity contribution in [2.45, 2.75) is 25.0 Å². The molecule has 2 aromatic rings. The molecule has 0 spiro atoms. The highest BCUT2D eigenvalue weighted by Gasteiger charge is 2.05. The lowest BCUT2D eigenvalue weighted by Crippen LogP contribution is -2.18. The third-order valence-electron chi connectivity index (χ3n) is 3.31. The fraction of sp³-hybridized carbons (Fsp3) is 0.263. The van der Waals surface area contributed by atoms with Gasteiger partial charge in [-0.25, -0.2) is 0 Å². The molecule has 2 aromatic carbocycles. The van der Waals surface area contributed by atoms with Crippen LogP contribution in [0.5, 0.6) is 0 Å². The predicted octanol–water partition coefficient (Wildman–Crippen LogP) is 2.96. The standard InChI is InChI=1S/C14H10.C5H12OSi/c1-3-7-13(8-4-1)11-12-14-9-5-2-6-10-14;7-5-3-1-2-4-6-5/h1-10H;5H,1-4H2,7H3. The number of benzene rings is 2. The molecule has 0 amide bonds. The van der Waals surface area contributed by atoms with Gasteiger partial charge in [0.15, 0.2) is 0 Å². The summed E-state index contributed by atoms with van der Waals surface area (Å²) in [6, 6.07) is 20.0. The van der Waals surface area contributed by atoms with Crippen molar-refractivity contribution in [2.24, 2.45) is 0 Å². The van der Waals surface area contributed by atoms with E-state index in [2.05, 4.69) is 11.8 Å². The number of ether oxygens (including phenoxy) is 1. The summed E-state index contributed by atoms with van der Waals surface area (Å²) in [6.45, 7) is 1.02. The summed E-state index contributed by atoms with van der Waals surface area (Å²) >= 11 is 0. The first kappa shape index (κ1) is 15.6. The molecule has 3 rings (SSSR count). The van der Waals surface area contributed by atoms with Gasteiger partial charge in [-0.05, 0) is 43.5 Å². The van der Waals surface area contributed by atoms with Gasteiger partial charge in [0.2, 0.25) is 0 Å². The smallest absolute Gasteiger partial charge is 0.0465 e. The molecule has 1 unspecified atom stereocenters. The molecule has 0 N–H and O–H groups in total. The van der Waals surface area contributed by atoms with Crippen LogP contribution in [0.1, 0.15) is 30.4 Å². The Morgan fingerprint density at radius 3 is 1.67 bits per heavy atom. The molecule has 1 atom stereocenters. The molecule has 1 saturated heterocycles. The van der Waals surface area contributed by atoms with E-state index in [-0.39, 0.29) is 0 Å². The molecule has 2 heteroatoms. The van der Waals surface area contributed by atoms with Crippen molar-refractivity contribution in [3.8, 4) is 11.8 Å². The second-order valence-corrected chi connectivity index (χ2v) is 6.45. The van der Waals surface area contributed by atoms with Crippen LogP contribution in [0.2, 0.25) is 0 Å². The van der Waals surface area contributed by atoms with Gasteiger partial charge in [-0.2, -0.15) is 0 Å². The van der Waals surface area contributed by atoms with E-state index in [4.69, 9.17) is 4.74 Å². The molecule has 1 fully saturated rings. The summed E-state index contributed by atoms with van der Waals surface area (Å²) in [5.41, 5.74) is 2.78. The summed E-state index contributed by atoms with van der Waals surface area (Å²) in [4.78, 5) is 0. The van der Waals surface area contributed by atoms with Gasteiger partial charge in [0.1, 0.15) is 0 Å². The van der Waals surface area contributed by atoms with E-state index in [1.165, 1.54) is 29.5 Å². The van der Waals surface area contributed by atoms with Gasteiger partial charge in [-0.1, -0.05) is 48.2 Å². The van der Waals surface area contributed by atoms with Crippen molar-refractivity contribution in [3.05, 3.63) is 71.8 Å². The van der Waals surface area contributed by atoms with E-state index in [9.17, 15) is 0 Å². The van der Waals surface area contributed by atoms with Crippen LogP contribution in [-0.4, -0.2) is 22.6 Å². The van der Waals surface area contributed by atoms with E-state index >= 15 is 0 Å². The summed E-state index contributed by atoms with van der Waals surface area (Å²) in [5, 5.41) is 0. The van der Waals surface area contributed by atoms with Crippen molar-refractivity contribution in [1.82, 2.24) is 0 Å². The van der Waals surface area contributed by atoms with E-state index in [1.807, 2.05) is 60.7 Å². The monoisotopic (exact) mass is 294 g/mol. The first-order valence-corrected chi connectivity index (χ1v) is 8.74. The summed E-state index contributed by atoms with van der Waals surface area (Å²) < 4.78 is 5.34. The summed E-state index contributed by atoms with van der Waals surface area (Å²) in [7, 11) is 1.23. The highest BCUT2D eigenvalue weighted by atomic mass is 28.1. The van der Waals surface area contributed by atoms with Crippen LogP contribution in [-0.2, 0) is 4.74 Å². The van der Waals surface area contributed by atoms with Gasteiger partial charge in [-0.3, -0.25) is 0 Å². The van der Waals surface area contributed by atoms with Crippen LogP contribution < -0.4 is 0 Å². The van der Waals surface area contributed by atoms with E-state index < -0.39 is 0 Å². The van der Waals surface area contributed by atoms with Crippen molar-refractivity contribution in [1.29, 1.82) is 0 Å². The molecule has 0 bridgehead atoms. The summed E-state index contributed by atoms with van der Waals surface area (Å²) in [5.74, 6) is 6.22. The SMILES string of the molecule is C(#Cc1ccccc1)c1ccccc1.[SiH3]C1CCCCO1. The Morgan fingerprint density at radius 2 is 1.33 bits per heavy atom. The Morgan fingerprint density at radius 1 is 0.810 bits per heavy atom. The van der Waals surface area contributed by atoms with Crippen LogP contribution in [0.25, 0.3) is 0 Å². The molecular formula is C19H22OSi. The fourth-order valence-corrected chi connectivity index (χ4v) is 2.73. The Labute approximate surface area is 130 Å². The maximum atomic E-state index is 5.34. The van der Waals surface area contributed by atoms with Gasteiger partial charge >= 0.3 is 0 Å². The fourth-order valence-electron chi connectivity index (χ4n) is 2.09. The molecule has 0 aromatic heterocycles.